The van der Waals surface area contributed by atoms with E-state index in [4.69, 9.17) is 9.47 Å². The molecule has 1 N–H and O–H groups in total. The van der Waals surface area contributed by atoms with Gasteiger partial charge in [0, 0.05) is 13.1 Å². The van der Waals surface area contributed by atoms with E-state index in [-0.39, 0.29) is 5.97 Å². The molecule has 0 amide bonds. The van der Waals surface area contributed by atoms with Gasteiger partial charge in [-0.3, -0.25) is 5.32 Å². The van der Waals surface area contributed by atoms with Crippen molar-refractivity contribution < 1.29 is 14.3 Å². The molecule has 0 bridgehead atoms. The maximum atomic E-state index is 12.4. The van der Waals surface area contributed by atoms with Crippen LogP contribution in [0.5, 0.6) is 5.75 Å². The maximum Gasteiger partial charge on any atom is 0.330 e. The smallest absolute Gasteiger partial charge is 0.330 e. The highest BCUT2D eigenvalue weighted by Crippen LogP contribution is 2.28. The minimum Gasteiger partial charge on any atom is -0.497 e. The molecule has 0 aliphatic rings. The average Bonchev–Trinajstić information content (AvgIpc) is 2.51. The van der Waals surface area contributed by atoms with Gasteiger partial charge in [-0.1, -0.05) is 19.1 Å². The summed E-state index contributed by atoms with van der Waals surface area (Å²) in [7, 11) is 7.04. The maximum absolute atomic E-state index is 12.4. The van der Waals surface area contributed by atoms with Crippen LogP contribution in [0, 0.1) is 0 Å². The Morgan fingerprint density at radius 3 is 2.29 bits per heavy atom. The van der Waals surface area contributed by atoms with Crippen molar-refractivity contribution in [2.24, 2.45) is 0 Å². The van der Waals surface area contributed by atoms with E-state index in [1.807, 2.05) is 45.3 Å². The number of hydrogen-bond donors (Lipinski definition) is 1. The molecule has 1 atom stereocenters. The minimum absolute atomic E-state index is 0.270. The predicted octanol–water partition coefficient (Wildman–Crippen LogP) is 1.62. The van der Waals surface area contributed by atoms with Crippen LogP contribution in [-0.2, 0) is 15.1 Å². The summed E-state index contributed by atoms with van der Waals surface area (Å²) in [5, 5.41) is 3.36. The van der Waals surface area contributed by atoms with Gasteiger partial charge in [0.1, 0.15) is 11.3 Å². The average molecular weight is 294 g/mol. The number of nitrogens with one attached hydrogen (secondary N) is 1. The van der Waals surface area contributed by atoms with Crippen molar-refractivity contribution in [3.8, 4) is 5.75 Å². The lowest BCUT2D eigenvalue weighted by Gasteiger charge is -2.32. The van der Waals surface area contributed by atoms with Crippen molar-refractivity contribution in [3.05, 3.63) is 29.8 Å². The molecule has 0 saturated heterocycles. The Hall–Kier alpha value is -1.59. The summed E-state index contributed by atoms with van der Waals surface area (Å²) in [4.78, 5) is 14.4. The lowest BCUT2D eigenvalue weighted by Crippen LogP contribution is -2.51. The SMILES string of the molecule is CCC(NCCN(C)C)(C(=O)OC)c1ccc(OC)cc1. The van der Waals surface area contributed by atoms with Crippen molar-refractivity contribution >= 4 is 5.97 Å². The third-order valence-corrected chi connectivity index (χ3v) is 3.63. The molecule has 0 saturated carbocycles. The Labute approximate surface area is 127 Å². The number of likely N-dealkylation sites (N-methyl/N-ethyl adjacent to an activating group) is 1. The summed E-state index contributed by atoms with van der Waals surface area (Å²) in [6.45, 7) is 3.51. The summed E-state index contributed by atoms with van der Waals surface area (Å²) >= 11 is 0. The van der Waals surface area contributed by atoms with Crippen LogP contribution < -0.4 is 10.1 Å². The number of benzene rings is 1. The van der Waals surface area contributed by atoms with Crippen LogP contribution in [0.4, 0.5) is 0 Å². The van der Waals surface area contributed by atoms with Gasteiger partial charge in [-0.15, -0.1) is 0 Å². The van der Waals surface area contributed by atoms with Gasteiger partial charge in [-0.05, 0) is 38.2 Å². The zero-order valence-corrected chi connectivity index (χ0v) is 13.6. The molecule has 5 nitrogen and oxygen atoms in total. The zero-order valence-electron chi connectivity index (χ0n) is 13.6. The molecular formula is C16H26N2O3. The molecule has 118 valence electrons. The molecule has 0 radical (unpaired) electrons. The van der Waals surface area contributed by atoms with Gasteiger partial charge in [-0.2, -0.15) is 0 Å². The molecule has 1 unspecified atom stereocenters. The normalized spacial score (nSPS) is 13.8. The molecule has 1 aromatic rings. The quantitative estimate of drug-likeness (QED) is 0.739. The Kier molecular flexibility index (Phi) is 6.65. The number of methoxy groups -OCH3 is 2. The fraction of sp³-hybridized carbons (Fsp3) is 0.562. The van der Waals surface area contributed by atoms with E-state index in [1.165, 1.54) is 7.11 Å². The Balaban J connectivity index is 3.06. The number of nitrogens with zero attached hydrogens (tertiary/aromatic N) is 1. The monoisotopic (exact) mass is 294 g/mol. The lowest BCUT2D eigenvalue weighted by molar-refractivity contribution is -0.149. The standard InChI is InChI=1S/C16H26N2O3/c1-6-16(15(19)21-5,17-11-12-18(2)3)13-7-9-14(20-4)10-8-13/h7-10,17H,6,11-12H2,1-5H3. The van der Waals surface area contributed by atoms with Crippen molar-refractivity contribution in [3.63, 3.8) is 0 Å². The second kappa shape index (κ2) is 8.00. The molecule has 21 heavy (non-hydrogen) atoms. The number of carbonyl (C=O) groups is 1. The van der Waals surface area contributed by atoms with Crippen LogP contribution in [0.1, 0.15) is 18.9 Å². The van der Waals surface area contributed by atoms with Gasteiger partial charge in [0.05, 0.1) is 14.2 Å². The van der Waals surface area contributed by atoms with Crippen molar-refractivity contribution in [1.29, 1.82) is 0 Å². The first-order valence-corrected chi connectivity index (χ1v) is 7.13. The van der Waals surface area contributed by atoms with Crippen LogP contribution in [0.25, 0.3) is 0 Å². The number of rotatable bonds is 8. The van der Waals surface area contributed by atoms with E-state index in [9.17, 15) is 4.79 Å². The molecule has 0 aliphatic heterocycles. The second-order valence-corrected chi connectivity index (χ2v) is 5.21. The number of carbonyl (C=O) groups excluding carboxylic acids is 1. The van der Waals surface area contributed by atoms with Gasteiger partial charge in [0.25, 0.3) is 0 Å². The molecule has 0 spiro atoms. The van der Waals surface area contributed by atoms with Crippen LogP contribution >= 0.6 is 0 Å². The summed E-state index contributed by atoms with van der Waals surface area (Å²) in [6.07, 6.45) is 0.611. The highest BCUT2D eigenvalue weighted by Gasteiger charge is 2.39. The van der Waals surface area contributed by atoms with Gasteiger partial charge in [0.2, 0.25) is 0 Å². The molecule has 1 rings (SSSR count). The van der Waals surface area contributed by atoms with Crippen LogP contribution in [0.2, 0.25) is 0 Å². The Morgan fingerprint density at radius 2 is 1.86 bits per heavy atom. The summed E-state index contributed by atoms with van der Waals surface area (Å²) in [5.74, 6) is 0.496. The van der Waals surface area contributed by atoms with Gasteiger partial charge in [-0.25, -0.2) is 4.79 Å². The zero-order chi connectivity index (χ0) is 15.9. The highest BCUT2D eigenvalue weighted by atomic mass is 16.5. The van der Waals surface area contributed by atoms with Gasteiger partial charge < -0.3 is 14.4 Å². The van der Waals surface area contributed by atoms with E-state index >= 15 is 0 Å². The first-order valence-electron chi connectivity index (χ1n) is 7.13. The Morgan fingerprint density at radius 1 is 1.24 bits per heavy atom. The minimum atomic E-state index is -0.822. The first kappa shape index (κ1) is 17.5. The highest BCUT2D eigenvalue weighted by molar-refractivity contribution is 5.82. The van der Waals surface area contributed by atoms with Crippen molar-refractivity contribution in [1.82, 2.24) is 10.2 Å². The molecule has 5 heteroatoms. The van der Waals surface area contributed by atoms with E-state index in [1.54, 1.807) is 7.11 Å². The fourth-order valence-corrected chi connectivity index (χ4v) is 2.31. The van der Waals surface area contributed by atoms with E-state index in [2.05, 4.69) is 10.2 Å². The predicted molar refractivity (Wildman–Crippen MR) is 83.5 cm³/mol. The molecule has 0 heterocycles. The van der Waals surface area contributed by atoms with Gasteiger partial charge >= 0.3 is 5.97 Å². The summed E-state index contributed by atoms with van der Waals surface area (Å²) < 4.78 is 10.2. The number of hydrogen-bond acceptors (Lipinski definition) is 5. The molecule has 0 aliphatic carbocycles. The number of ether oxygens (including phenoxy) is 2. The van der Waals surface area contributed by atoms with Gasteiger partial charge in [0.15, 0.2) is 0 Å². The number of esters is 1. The molecule has 1 aromatic carbocycles. The van der Waals surface area contributed by atoms with E-state index in [0.29, 0.717) is 13.0 Å². The largest absolute Gasteiger partial charge is 0.497 e. The molecule has 0 fully saturated rings. The molecule has 0 aromatic heterocycles. The van der Waals surface area contributed by atoms with Crippen molar-refractivity contribution in [2.45, 2.75) is 18.9 Å². The van der Waals surface area contributed by atoms with Crippen LogP contribution in [-0.4, -0.2) is 52.3 Å². The third kappa shape index (κ3) is 4.19. The van der Waals surface area contributed by atoms with Crippen molar-refractivity contribution in [2.75, 3.05) is 41.4 Å². The topological polar surface area (TPSA) is 50.8 Å². The fourth-order valence-electron chi connectivity index (χ4n) is 2.31. The second-order valence-electron chi connectivity index (χ2n) is 5.21. The summed E-state index contributed by atoms with van der Waals surface area (Å²) in [5.41, 5.74) is 0.0632. The van der Waals surface area contributed by atoms with E-state index < -0.39 is 5.54 Å². The molecular weight excluding hydrogens is 268 g/mol. The Bertz CT molecular complexity index is 445. The third-order valence-electron chi connectivity index (χ3n) is 3.63. The lowest BCUT2D eigenvalue weighted by atomic mass is 9.87. The van der Waals surface area contributed by atoms with E-state index in [0.717, 1.165) is 17.9 Å². The first-order chi connectivity index (χ1) is 10.00. The summed E-state index contributed by atoms with van der Waals surface area (Å²) in [6, 6.07) is 7.52. The van der Waals surface area contributed by atoms with Crippen LogP contribution in [0.3, 0.4) is 0 Å². The van der Waals surface area contributed by atoms with Crippen LogP contribution in [0.15, 0.2) is 24.3 Å².